The van der Waals surface area contributed by atoms with E-state index in [0.717, 1.165) is 45.8 Å². The molecule has 0 saturated carbocycles. The number of aromatic nitrogens is 7. The highest BCUT2D eigenvalue weighted by Gasteiger charge is 2.29. The van der Waals surface area contributed by atoms with Crippen molar-refractivity contribution in [3.63, 3.8) is 0 Å². The molecule has 2 aromatic carbocycles. The first-order valence-corrected chi connectivity index (χ1v) is 13.4. The van der Waals surface area contributed by atoms with Gasteiger partial charge < -0.3 is 15.7 Å². The third-order valence-corrected chi connectivity index (χ3v) is 6.68. The fraction of sp³-hybridized carbons (Fsp3) is 0.357. The Morgan fingerprint density at radius 3 is 2.54 bits per heavy atom. The number of aromatic amines is 1. The molecule has 2 amide bonds. The average molecular weight is 560 g/mol. The minimum atomic E-state index is -1.23. The smallest absolute Gasteiger partial charge is 0.326 e. The number of hydrogen-bond donors (Lipinski definition) is 3. The van der Waals surface area contributed by atoms with Gasteiger partial charge >= 0.3 is 5.97 Å². The lowest BCUT2D eigenvalue weighted by atomic mass is 9.97. The van der Waals surface area contributed by atoms with E-state index in [1.54, 1.807) is 4.68 Å². The van der Waals surface area contributed by atoms with Crippen molar-refractivity contribution in [3.8, 4) is 22.5 Å². The molecule has 13 nitrogen and oxygen atoms in total. The predicted molar refractivity (Wildman–Crippen MR) is 149 cm³/mol. The van der Waals surface area contributed by atoms with Gasteiger partial charge in [-0.15, -0.1) is 10.2 Å². The van der Waals surface area contributed by atoms with E-state index in [1.165, 1.54) is 6.92 Å². The van der Waals surface area contributed by atoms with Gasteiger partial charge in [0, 0.05) is 25.3 Å². The maximum Gasteiger partial charge on any atom is 0.326 e. The van der Waals surface area contributed by atoms with Crippen LogP contribution in [-0.2, 0) is 33.9 Å². The van der Waals surface area contributed by atoms with Crippen LogP contribution in [0.3, 0.4) is 0 Å². The summed E-state index contributed by atoms with van der Waals surface area (Å²) in [6.07, 6.45) is 2.23. The number of amides is 2. The van der Waals surface area contributed by atoms with Crippen molar-refractivity contribution in [1.29, 1.82) is 0 Å². The molecule has 4 aromatic rings. The van der Waals surface area contributed by atoms with Gasteiger partial charge in [0.2, 0.25) is 17.6 Å². The van der Waals surface area contributed by atoms with Crippen LogP contribution in [0.4, 0.5) is 0 Å². The van der Waals surface area contributed by atoms with Crippen LogP contribution in [0.25, 0.3) is 22.5 Å². The summed E-state index contributed by atoms with van der Waals surface area (Å²) in [5, 5.41) is 29.0. The summed E-state index contributed by atoms with van der Waals surface area (Å²) in [5.74, 6) is -0.820. The fourth-order valence-corrected chi connectivity index (χ4v) is 4.62. The number of nitrogens with zero attached hydrogens (tertiary/aromatic N) is 7. The van der Waals surface area contributed by atoms with Crippen LogP contribution in [0.5, 0.6) is 0 Å². The first-order chi connectivity index (χ1) is 19.8. The molecule has 0 aliphatic carbocycles. The van der Waals surface area contributed by atoms with Crippen LogP contribution in [0.15, 0.2) is 48.5 Å². The molecule has 0 aliphatic heterocycles. The Morgan fingerprint density at radius 2 is 1.90 bits per heavy atom. The fourth-order valence-electron chi connectivity index (χ4n) is 4.62. The van der Waals surface area contributed by atoms with Gasteiger partial charge in [-0.3, -0.25) is 9.59 Å². The van der Waals surface area contributed by atoms with E-state index < -0.39 is 23.8 Å². The van der Waals surface area contributed by atoms with Gasteiger partial charge in [-0.25, -0.2) is 14.5 Å². The molecule has 0 bridgehead atoms. The minimum Gasteiger partial charge on any atom is -0.480 e. The number of aryl methyl sites for hydroxylation is 1. The molecule has 41 heavy (non-hydrogen) atoms. The first-order valence-electron chi connectivity index (χ1n) is 13.4. The molecule has 0 saturated heterocycles. The van der Waals surface area contributed by atoms with E-state index in [9.17, 15) is 19.5 Å². The van der Waals surface area contributed by atoms with E-state index in [-0.39, 0.29) is 19.4 Å². The summed E-state index contributed by atoms with van der Waals surface area (Å²) >= 11 is 0. The Balaban J connectivity index is 1.66. The maximum atomic E-state index is 12.5. The minimum absolute atomic E-state index is 0.0970. The quantitative estimate of drug-likeness (QED) is 0.209. The average Bonchev–Trinajstić information content (AvgIpc) is 3.62. The number of nitrogens with one attached hydrogen (secondary N) is 1. The summed E-state index contributed by atoms with van der Waals surface area (Å²) in [7, 11) is 0. The number of carbonyl (C=O) groups excluding carboxylic acids is 2. The van der Waals surface area contributed by atoms with Crippen molar-refractivity contribution < 1.29 is 19.5 Å². The number of aliphatic carboxylic acids is 1. The molecule has 2 aromatic heterocycles. The number of hydrogen-bond acceptors (Lipinski definition) is 8. The van der Waals surface area contributed by atoms with Crippen LogP contribution in [-0.4, -0.2) is 69.2 Å². The zero-order valence-corrected chi connectivity index (χ0v) is 23.0. The zero-order valence-electron chi connectivity index (χ0n) is 23.0. The van der Waals surface area contributed by atoms with Gasteiger partial charge in [-0.2, -0.15) is 10.3 Å². The van der Waals surface area contributed by atoms with Crippen LogP contribution >= 0.6 is 0 Å². The normalized spacial score (nSPS) is 11.8. The standard InChI is InChI=1S/C28H33N9O4/c1-3-4-10-26-30-25(17-36(18(2)38)23(28(40)41)13-14-24(29)39)33-37(26)16-19-11-12-21(20-8-6-5-7-9-20)22(15-19)27-31-34-35-32-27/h5-9,11-12,15,23H,3-4,10,13-14,16-17H2,1-2H3,(H2,29,39)(H,40,41)(H,31,32,34,35)/t23-/m0/s1. The number of H-pyrrole nitrogens is 1. The van der Waals surface area contributed by atoms with E-state index >= 15 is 0 Å². The van der Waals surface area contributed by atoms with Crippen LogP contribution in [0.2, 0.25) is 0 Å². The maximum absolute atomic E-state index is 12.5. The Labute approximate surface area is 236 Å². The van der Waals surface area contributed by atoms with Crippen molar-refractivity contribution in [3.05, 3.63) is 65.7 Å². The Bertz CT molecular complexity index is 1490. The second kappa shape index (κ2) is 13.4. The lowest BCUT2D eigenvalue weighted by Gasteiger charge is -2.26. The second-order valence-corrected chi connectivity index (χ2v) is 9.69. The highest BCUT2D eigenvalue weighted by Crippen LogP contribution is 2.31. The van der Waals surface area contributed by atoms with E-state index in [4.69, 9.17) is 5.73 Å². The third kappa shape index (κ3) is 7.38. The molecule has 1 atom stereocenters. The predicted octanol–water partition coefficient (Wildman–Crippen LogP) is 2.58. The molecule has 0 radical (unpaired) electrons. The first kappa shape index (κ1) is 29.1. The van der Waals surface area contributed by atoms with Crippen molar-refractivity contribution in [2.24, 2.45) is 5.73 Å². The highest BCUT2D eigenvalue weighted by molar-refractivity contribution is 5.83. The number of benzene rings is 2. The van der Waals surface area contributed by atoms with E-state index in [1.807, 2.05) is 48.5 Å². The van der Waals surface area contributed by atoms with Gasteiger partial charge in [0.05, 0.1) is 13.1 Å². The monoisotopic (exact) mass is 559 g/mol. The Hall–Kier alpha value is -4.94. The van der Waals surface area contributed by atoms with E-state index in [0.29, 0.717) is 24.6 Å². The number of nitrogens with two attached hydrogens (primary N) is 1. The van der Waals surface area contributed by atoms with Crippen LogP contribution < -0.4 is 5.73 Å². The molecule has 13 heteroatoms. The number of carbonyl (C=O) groups is 3. The highest BCUT2D eigenvalue weighted by atomic mass is 16.4. The summed E-state index contributed by atoms with van der Waals surface area (Å²) in [6.45, 7) is 3.63. The van der Waals surface area contributed by atoms with Crippen molar-refractivity contribution in [2.45, 2.75) is 65.1 Å². The van der Waals surface area contributed by atoms with Gasteiger partial charge in [0.1, 0.15) is 11.9 Å². The number of carboxylic acids is 1. The molecular formula is C28H33N9O4. The van der Waals surface area contributed by atoms with Gasteiger partial charge in [0.15, 0.2) is 5.82 Å². The van der Waals surface area contributed by atoms with Crippen molar-refractivity contribution >= 4 is 17.8 Å². The van der Waals surface area contributed by atoms with Gasteiger partial charge in [0.25, 0.3) is 0 Å². The molecule has 4 N–H and O–H groups in total. The zero-order chi connectivity index (χ0) is 29.4. The SMILES string of the molecule is CCCCc1nc(CN(C(C)=O)[C@@H](CCC(N)=O)C(=O)O)nn1Cc1ccc(-c2ccccc2)c(-c2nn[nH]n2)c1. The summed E-state index contributed by atoms with van der Waals surface area (Å²) in [5.41, 5.74) is 8.91. The number of rotatable bonds is 14. The second-order valence-electron chi connectivity index (χ2n) is 9.69. The Morgan fingerprint density at radius 1 is 1.12 bits per heavy atom. The molecule has 2 heterocycles. The molecule has 0 spiro atoms. The van der Waals surface area contributed by atoms with Crippen LogP contribution in [0.1, 0.15) is 56.7 Å². The summed E-state index contributed by atoms with van der Waals surface area (Å²) < 4.78 is 1.78. The molecule has 0 aliphatic rings. The molecule has 0 fully saturated rings. The Kier molecular flexibility index (Phi) is 9.51. The summed E-state index contributed by atoms with van der Waals surface area (Å²) in [6, 6.07) is 14.7. The summed E-state index contributed by atoms with van der Waals surface area (Å²) in [4.78, 5) is 41.5. The molecule has 4 rings (SSSR count). The number of unbranched alkanes of at least 4 members (excludes halogenated alkanes) is 1. The van der Waals surface area contributed by atoms with Gasteiger partial charge in [-0.1, -0.05) is 55.8 Å². The molecule has 214 valence electrons. The molecule has 0 unspecified atom stereocenters. The number of primary amides is 1. The lowest BCUT2D eigenvalue weighted by Crippen LogP contribution is -2.44. The van der Waals surface area contributed by atoms with Crippen LogP contribution in [0, 0.1) is 0 Å². The van der Waals surface area contributed by atoms with Gasteiger partial charge in [-0.05, 0) is 40.8 Å². The number of tetrazole rings is 1. The van der Waals surface area contributed by atoms with E-state index in [2.05, 4.69) is 37.6 Å². The topological polar surface area (TPSA) is 186 Å². The third-order valence-electron chi connectivity index (χ3n) is 6.68. The van der Waals surface area contributed by atoms with Crippen molar-refractivity contribution in [1.82, 2.24) is 40.3 Å². The largest absolute Gasteiger partial charge is 0.480 e. The lowest BCUT2D eigenvalue weighted by molar-refractivity contribution is -0.150. The number of carboxylic acid groups (broad SMARTS) is 1. The van der Waals surface area contributed by atoms with Crippen molar-refractivity contribution in [2.75, 3.05) is 0 Å². The molecular weight excluding hydrogens is 526 g/mol.